The van der Waals surface area contributed by atoms with Gasteiger partial charge >= 0.3 is 27.6 Å². The number of aliphatic hydroxyl groups excluding tert-OH is 2. The quantitative estimate of drug-likeness (QED) is 0.0127. The smallest absolute Gasteiger partial charge is 0.462 e. The molecule has 0 saturated carbocycles. The fourth-order valence-corrected chi connectivity index (χ4v) is 7.02. The van der Waals surface area contributed by atoms with Crippen LogP contribution in [0.1, 0.15) is 174 Å². The SMILES string of the molecule is CCCCC/C=C\C/C=C\C/C=C\C=C\[C@H](O)CCCC(=O)O[C@H](COC(=O)CCCCCCCCCCCCCCCCC)COP(=O)(O)OC[C@@H](O)COP(=O)(O)O. The van der Waals surface area contributed by atoms with Gasteiger partial charge in [0.2, 0.25) is 0 Å². The molecule has 0 aliphatic heterocycles. The highest BCUT2D eigenvalue weighted by Gasteiger charge is 2.28. The lowest BCUT2D eigenvalue weighted by Crippen LogP contribution is -2.30. The van der Waals surface area contributed by atoms with Crippen LogP contribution in [0.2, 0.25) is 0 Å². The van der Waals surface area contributed by atoms with Crippen molar-refractivity contribution in [3.63, 3.8) is 0 Å². The number of carbonyl (C=O) groups is 2. The Kier molecular flexibility index (Phi) is 38.6. The second kappa shape index (κ2) is 39.9. The van der Waals surface area contributed by atoms with Crippen LogP contribution in [0, 0.1) is 0 Å². The number of allylic oxidation sites excluding steroid dienone is 7. The summed E-state index contributed by atoms with van der Waals surface area (Å²) in [4.78, 5) is 52.7. The molecule has 5 N–H and O–H groups in total. The third-order valence-electron chi connectivity index (χ3n) is 9.31. The summed E-state index contributed by atoms with van der Waals surface area (Å²) in [6, 6.07) is 0. The molecule has 4 atom stereocenters. The second-order valence-electron chi connectivity index (χ2n) is 15.2. The van der Waals surface area contributed by atoms with Gasteiger partial charge < -0.3 is 34.4 Å². The maximum atomic E-state index is 12.7. The topological polar surface area (TPSA) is 216 Å². The summed E-state index contributed by atoms with van der Waals surface area (Å²) in [5, 5.41) is 20.0. The molecule has 0 heterocycles. The number of carbonyl (C=O) groups excluding carboxylic acids is 2. The fraction of sp³-hybridized carbons (Fsp3) is 0.773. The van der Waals surface area contributed by atoms with Crippen molar-refractivity contribution in [2.24, 2.45) is 0 Å². The molecular formula is C44H80O14P2. The van der Waals surface area contributed by atoms with E-state index in [1.165, 1.54) is 89.9 Å². The van der Waals surface area contributed by atoms with Crippen molar-refractivity contribution in [2.45, 2.75) is 193 Å². The zero-order valence-corrected chi connectivity index (χ0v) is 38.5. The molecule has 16 heteroatoms. The minimum Gasteiger partial charge on any atom is -0.462 e. The van der Waals surface area contributed by atoms with Gasteiger partial charge in [-0.25, -0.2) is 9.13 Å². The molecule has 1 unspecified atom stereocenters. The van der Waals surface area contributed by atoms with Crippen LogP contribution in [0.3, 0.4) is 0 Å². The van der Waals surface area contributed by atoms with Crippen molar-refractivity contribution in [1.82, 2.24) is 0 Å². The molecule has 0 spiro atoms. The van der Waals surface area contributed by atoms with Gasteiger partial charge in [-0.05, 0) is 44.9 Å². The van der Waals surface area contributed by atoms with Crippen molar-refractivity contribution >= 4 is 27.6 Å². The zero-order chi connectivity index (χ0) is 44.6. The van der Waals surface area contributed by atoms with Crippen molar-refractivity contribution in [3.05, 3.63) is 48.6 Å². The Morgan fingerprint density at radius 1 is 0.550 bits per heavy atom. The number of phosphoric ester groups is 2. The van der Waals surface area contributed by atoms with E-state index in [4.69, 9.17) is 23.8 Å². The van der Waals surface area contributed by atoms with Gasteiger partial charge in [-0.2, -0.15) is 0 Å². The van der Waals surface area contributed by atoms with E-state index in [2.05, 4.69) is 47.2 Å². The highest BCUT2D eigenvalue weighted by Crippen LogP contribution is 2.43. The molecule has 0 saturated heterocycles. The Balaban J connectivity index is 4.69. The predicted molar refractivity (Wildman–Crippen MR) is 236 cm³/mol. The van der Waals surface area contributed by atoms with Crippen LogP contribution < -0.4 is 0 Å². The summed E-state index contributed by atoms with van der Waals surface area (Å²) < 4.78 is 47.6. The van der Waals surface area contributed by atoms with Gasteiger partial charge in [-0.15, -0.1) is 0 Å². The number of ether oxygens (including phenoxy) is 2. The van der Waals surface area contributed by atoms with Crippen LogP contribution in [0.15, 0.2) is 48.6 Å². The molecule has 0 aliphatic carbocycles. The van der Waals surface area contributed by atoms with Gasteiger partial charge in [0, 0.05) is 12.8 Å². The Morgan fingerprint density at radius 2 is 1.05 bits per heavy atom. The first kappa shape index (κ1) is 58.0. The number of hydrogen-bond acceptors (Lipinski definition) is 11. The standard InChI is InChI=1S/C44H80O14P2/c1-3-5-7-9-11-13-15-17-18-20-22-24-26-28-30-34-43(47)54-38-42(39-57-60(52,53)56-37-41(46)36-55-59(49,50)51)58-44(48)35-31-33-40(45)32-29-27-25-23-21-19-16-14-12-10-8-6-4-2/h12,14,19,21,25,27,29,32,40-42,45-46H,3-11,13,15-18,20,22-24,26,28,30-31,33-39H2,1-2H3,(H,52,53)(H2,49,50,51)/b14-12-,21-19-,27-25-,32-29+/t40-,41-,42+/m0/s1. The summed E-state index contributed by atoms with van der Waals surface area (Å²) >= 11 is 0. The first-order valence-corrected chi connectivity index (χ1v) is 25.5. The Hall–Kier alpha value is -1.96. The maximum absolute atomic E-state index is 12.7. The summed E-state index contributed by atoms with van der Waals surface area (Å²) in [6.07, 6.45) is 37.0. The molecule has 60 heavy (non-hydrogen) atoms. The molecule has 0 bridgehead atoms. The molecule has 0 aromatic rings. The fourth-order valence-electron chi connectivity index (χ4n) is 5.86. The molecule has 0 radical (unpaired) electrons. The van der Waals surface area contributed by atoms with Crippen LogP contribution in [0.4, 0.5) is 0 Å². The molecule has 0 rings (SSSR count). The lowest BCUT2D eigenvalue weighted by atomic mass is 10.0. The van der Waals surface area contributed by atoms with Crippen LogP contribution in [0.5, 0.6) is 0 Å². The zero-order valence-electron chi connectivity index (χ0n) is 36.7. The van der Waals surface area contributed by atoms with E-state index in [0.29, 0.717) is 6.42 Å². The molecule has 0 aliphatic rings. The third-order valence-corrected chi connectivity index (χ3v) is 10.8. The number of phosphoric acid groups is 2. The highest BCUT2D eigenvalue weighted by atomic mass is 31.2. The van der Waals surface area contributed by atoms with E-state index in [0.717, 1.165) is 38.5 Å². The molecular weight excluding hydrogens is 814 g/mol. The van der Waals surface area contributed by atoms with Gasteiger partial charge in [0.15, 0.2) is 6.10 Å². The van der Waals surface area contributed by atoms with Gasteiger partial charge in [0.25, 0.3) is 0 Å². The summed E-state index contributed by atoms with van der Waals surface area (Å²) in [5.41, 5.74) is 0. The second-order valence-corrected chi connectivity index (χ2v) is 17.9. The summed E-state index contributed by atoms with van der Waals surface area (Å²) in [6.45, 7) is 1.52. The monoisotopic (exact) mass is 895 g/mol. The molecule has 14 nitrogen and oxygen atoms in total. The lowest BCUT2D eigenvalue weighted by Gasteiger charge is -2.20. The molecule has 350 valence electrons. The van der Waals surface area contributed by atoms with Crippen molar-refractivity contribution in [3.8, 4) is 0 Å². The van der Waals surface area contributed by atoms with Gasteiger partial charge in [0.05, 0.1) is 25.9 Å². The lowest BCUT2D eigenvalue weighted by molar-refractivity contribution is -0.161. The predicted octanol–water partition coefficient (Wildman–Crippen LogP) is 10.4. The number of aliphatic hydroxyl groups is 2. The number of unbranched alkanes of at least 4 members (excludes halogenated alkanes) is 17. The van der Waals surface area contributed by atoms with Crippen LogP contribution in [-0.4, -0.2) is 81.6 Å². The van der Waals surface area contributed by atoms with E-state index in [-0.39, 0.29) is 25.7 Å². The van der Waals surface area contributed by atoms with Gasteiger partial charge in [-0.3, -0.25) is 23.2 Å². The van der Waals surface area contributed by atoms with Crippen molar-refractivity contribution in [2.75, 3.05) is 26.4 Å². The minimum absolute atomic E-state index is 0.0960. The average molecular weight is 895 g/mol. The maximum Gasteiger partial charge on any atom is 0.472 e. The van der Waals surface area contributed by atoms with E-state index >= 15 is 0 Å². The van der Waals surface area contributed by atoms with Crippen molar-refractivity contribution in [1.29, 1.82) is 0 Å². The largest absolute Gasteiger partial charge is 0.472 e. The van der Waals surface area contributed by atoms with Crippen molar-refractivity contribution < 1.29 is 66.7 Å². The average Bonchev–Trinajstić information content (AvgIpc) is 3.20. The highest BCUT2D eigenvalue weighted by molar-refractivity contribution is 7.47. The molecule has 0 fully saturated rings. The van der Waals surface area contributed by atoms with E-state index < -0.39 is 72.3 Å². The van der Waals surface area contributed by atoms with E-state index in [1.54, 1.807) is 12.2 Å². The van der Waals surface area contributed by atoms with Gasteiger partial charge in [-0.1, -0.05) is 165 Å². The first-order valence-electron chi connectivity index (χ1n) is 22.4. The van der Waals surface area contributed by atoms with E-state index in [9.17, 15) is 33.8 Å². The summed E-state index contributed by atoms with van der Waals surface area (Å²) in [7, 11) is -9.74. The Morgan fingerprint density at radius 3 is 1.65 bits per heavy atom. The molecule has 0 aromatic heterocycles. The minimum atomic E-state index is -4.88. The van der Waals surface area contributed by atoms with Gasteiger partial charge in [0.1, 0.15) is 12.7 Å². The summed E-state index contributed by atoms with van der Waals surface area (Å²) in [5.74, 6) is -1.23. The molecule has 0 amide bonds. The Labute approximate surface area is 361 Å². The third kappa shape index (κ3) is 42.7. The number of rotatable bonds is 42. The van der Waals surface area contributed by atoms with Crippen LogP contribution in [-0.2, 0) is 41.8 Å². The Bertz CT molecular complexity index is 1270. The number of hydrogen-bond donors (Lipinski definition) is 5. The van der Waals surface area contributed by atoms with E-state index in [1.807, 2.05) is 12.2 Å². The number of esters is 2. The van der Waals surface area contributed by atoms with Crippen LogP contribution >= 0.6 is 15.6 Å². The normalized spacial score (nSPS) is 15.0. The molecule has 0 aromatic carbocycles. The van der Waals surface area contributed by atoms with Crippen LogP contribution in [0.25, 0.3) is 0 Å². The first-order chi connectivity index (χ1) is 28.8.